The van der Waals surface area contributed by atoms with Crippen molar-refractivity contribution in [1.29, 1.82) is 0 Å². The summed E-state index contributed by atoms with van der Waals surface area (Å²) in [5.41, 5.74) is 0. The molecule has 4 heteroatoms. The third-order valence-corrected chi connectivity index (χ3v) is 1.62. The van der Waals surface area contributed by atoms with Crippen molar-refractivity contribution in [1.82, 2.24) is 0 Å². The van der Waals surface area contributed by atoms with E-state index >= 15 is 0 Å². The number of hydrogen-bond acceptors (Lipinski definition) is 4. The molecule has 0 rings (SSSR count). The van der Waals surface area contributed by atoms with E-state index in [-0.39, 0.29) is 18.0 Å². The van der Waals surface area contributed by atoms with E-state index in [0.717, 1.165) is 0 Å². The molecule has 0 radical (unpaired) electrons. The van der Waals surface area contributed by atoms with Gasteiger partial charge < -0.3 is 9.47 Å². The summed E-state index contributed by atoms with van der Waals surface area (Å²) in [4.78, 5) is 22.5. The summed E-state index contributed by atoms with van der Waals surface area (Å²) < 4.78 is 9.67. The van der Waals surface area contributed by atoms with Crippen LogP contribution in [0.4, 0.5) is 0 Å². The maximum Gasteiger partial charge on any atom is 0.180 e. The zero-order chi connectivity index (χ0) is 11.7. The van der Waals surface area contributed by atoms with Crippen LogP contribution < -0.4 is 0 Å². The number of ketones is 2. The highest BCUT2D eigenvalue weighted by molar-refractivity contribution is 6.05. The maximum atomic E-state index is 11.3. The van der Waals surface area contributed by atoms with Crippen molar-refractivity contribution < 1.29 is 19.1 Å². The Bertz CT molecular complexity index is 255. The lowest BCUT2D eigenvalue weighted by Gasteiger charge is -2.07. The molecule has 0 N–H and O–H groups in total. The van der Waals surface area contributed by atoms with Crippen molar-refractivity contribution in [3.63, 3.8) is 0 Å². The summed E-state index contributed by atoms with van der Waals surface area (Å²) in [5.74, 6) is -0.575. The molecule has 0 fully saturated rings. The van der Waals surface area contributed by atoms with Crippen LogP contribution in [0, 0.1) is 0 Å². The van der Waals surface area contributed by atoms with E-state index in [9.17, 15) is 9.59 Å². The van der Waals surface area contributed by atoms with Crippen LogP contribution in [0.15, 0.2) is 25.2 Å². The highest BCUT2D eigenvalue weighted by Gasteiger charge is 2.15. The van der Waals surface area contributed by atoms with E-state index in [1.165, 1.54) is 18.6 Å². The maximum absolute atomic E-state index is 11.3. The first-order valence-electron chi connectivity index (χ1n) is 4.71. The second-order valence-electron chi connectivity index (χ2n) is 2.81. The van der Waals surface area contributed by atoms with Gasteiger partial charge >= 0.3 is 0 Å². The number of allylic oxidation sites excluding steroid dienone is 1. The minimum absolute atomic E-state index is 0.182. The molecule has 0 spiro atoms. The van der Waals surface area contributed by atoms with Crippen LogP contribution in [-0.2, 0) is 19.1 Å². The minimum atomic E-state index is -0.632. The fourth-order valence-electron chi connectivity index (χ4n) is 0.815. The monoisotopic (exact) mass is 212 g/mol. The summed E-state index contributed by atoms with van der Waals surface area (Å²) in [6.07, 6.45) is 2.89. The quantitative estimate of drug-likeness (QED) is 0.348. The molecule has 0 saturated carbocycles. The third-order valence-electron chi connectivity index (χ3n) is 1.62. The van der Waals surface area contributed by atoms with E-state index in [1.807, 2.05) is 0 Å². The Morgan fingerprint density at radius 1 is 1.47 bits per heavy atom. The van der Waals surface area contributed by atoms with Gasteiger partial charge in [0.1, 0.15) is 0 Å². The van der Waals surface area contributed by atoms with Gasteiger partial charge in [-0.05, 0) is 13.8 Å². The smallest absolute Gasteiger partial charge is 0.180 e. The fourth-order valence-corrected chi connectivity index (χ4v) is 0.815. The van der Waals surface area contributed by atoms with Gasteiger partial charge in [-0.1, -0.05) is 6.58 Å². The molecule has 15 heavy (non-hydrogen) atoms. The molecule has 0 bridgehead atoms. The second kappa shape index (κ2) is 7.79. The normalized spacial score (nSPS) is 12.1. The molecule has 1 unspecified atom stereocenters. The fraction of sp³-hybridized carbons (Fsp3) is 0.455. The predicted octanol–water partition coefficient (Wildman–Crippen LogP) is 1.61. The third kappa shape index (κ3) is 6.49. The van der Waals surface area contributed by atoms with E-state index in [1.54, 1.807) is 13.8 Å². The zero-order valence-electron chi connectivity index (χ0n) is 9.06. The van der Waals surface area contributed by atoms with Crippen LogP contribution in [-0.4, -0.2) is 24.3 Å². The minimum Gasteiger partial charge on any atom is -0.501 e. The molecule has 0 amide bonds. The molecule has 0 saturated heterocycles. The number of Topliss-reactive ketones (excluding diaryl/α,β-unsaturated/α-hetero) is 1. The van der Waals surface area contributed by atoms with Gasteiger partial charge in [-0.25, -0.2) is 0 Å². The molecule has 0 aliphatic carbocycles. The first-order chi connectivity index (χ1) is 7.11. The van der Waals surface area contributed by atoms with Crippen LogP contribution in [0.3, 0.4) is 0 Å². The molecule has 0 heterocycles. The Morgan fingerprint density at radius 2 is 2.13 bits per heavy atom. The topological polar surface area (TPSA) is 52.6 Å². The number of carbonyl (C=O) groups is 2. The molecule has 0 aliphatic heterocycles. The first-order valence-corrected chi connectivity index (χ1v) is 4.71. The van der Waals surface area contributed by atoms with E-state index in [0.29, 0.717) is 6.61 Å². The van der Waals surface area contributed by atoms with Gasteiger partial charge in [0, 0.05) is 6.08 Å². The van der Waals surface area contributed by atoms with Crippen molar-refractivity contribution in [3.8, 4) is 0 Å². The highest BCUT2D eigenvalue weighted by Crippen LogP contribution is 1.99. The molecule has 0 aromatic heterocycles. The summed E-state index contributed by atoms with van der Waals surface area (Å²) in [5, 5.41) is 0. The SMILES string of the molecule is C=COC(C)C(=O)CC(=O)/C=C/OCC. The Labute approximate surface area is 89.6 Å². The molecular formula is C11H16O4. The van der Waals surface area contributed by atoms with Crippen molar-refractivity contribution in [2.75, 3.05) is 6.61 Å². The van der Waals surface area contributed by atoms with Gasteiger partial charge in [0.05, 0.1) is 25.6 Å². The molecule has 4 nitrogen and oxygen atoms in total. The van der Waals surface area contributed by atoms with Crippen molar-refractivity contribution in [2.45, 2.75) is 26.4 Å². The largest absolute Gasteiger partial charge is 0.501 e. The van der Waals surface area contributed by atoms with Gasteiger partial charge in [-0.2, -0.15) is 0 Å². The predicted molar refractivity (Wildman–Crippen MR) is 56.1 cm³/mol. The van der Waals surface area contributed by atoms with E-state index < -0.39 is 6.10 Å². The van der Waals surface area contributed by atoms with Gasteiger partial charge in [0.15, 0.2) is 17.7 Å². The van der Waals surface area contributed by atoms with Crippen molar-refractivity contribution >= 4 is 11.6 Å². The zero-order valence-corrected chi connectivity index (χ0v) is 9.06. The number of carbonyl (C=O) groups excluding carboxylic acids is 2. The highest BCUT2D eigenvalue weighted by atomic mass is 16.5. The lowest BCUT2D eigenvalue weighted by Crippen LogP contribution is -2.20. The number of rotatable bonds is 8. The second-order valence-corrected chi connectivity index (χ2v) is 2.81. The average Bonchev–Trinajstić information content (AvgIpc) is 2.18. The van der Waals surface area contributed by atoms with Gasteiger partial charge in [-0.15, -0.1) is 0 Å². The van der Waals surface area contributed by atoms with Gasteiger partial charge in [0.25, 0.3) is 0 Å². The first kappa shape index (κ1) is 13.4. The Balaban J connectivity index is 3.95. The van der Waals surface area contributed by atoms with Crippen LogP contribution in [0.2, 0.25) is 0 Å². The summed E-state index contributed by atoms with van der Waals surface area (Å²) in [6, 6.07) is 0. The lowest BCUT2D eigenvalue weighted by molar-refractivity contribution is -0.130. The molecule has 0 aliphatic rings. The molecular weight excluding hydrogens is 196 g/mol. The van der Waals surface area contributed by atoms with Crippen molar-refractivity contribution in [3.05, 3.63) is 25.2 Å². The molecule has 84 valence electrons. The molecule has 0 aromatic carbocycles. The Morgan fingerprint density at radius 3 is 2.67 bits per heavy atom. The number of hydrogen-bond donors (Lipinski definition) is 0. The Kier molecular flexibility index (Phi) is 6.97. The average molecular weight is 212 g/mol. The van der Waals surface area contributed by atoms with Crippen molar-refractivity contribution in [2.24, 2.45) is 0 Å². The van der Waals surface area contributed by atoms with E-state index in [2.05, 4.69) is 6.58 Å². The van der Waals surface area contributed by atoms with Gasteiger partial charge in [0.2, 0.25) is 0 Å². The summed E-state index contributed by atoms with van der Waals surface area (Å²) >= 11 is 0. The van der Waals surface area contributed by atoms with E-state index in [4.69, 9.17) is 9.47 Å². The van der Waals surface area contributed by atoms with Crippen LogP contribution in [0.5, 0.6) is 0 Å². The van der Waals surface area contributed by atoms with Crippen LogP contribution in [0.1, 0.15) is 20.3 Å². The van der Waals surface area contributed by atoms with Gasteiger partial charge in [-0.3, -0.25) is 9.59 Å². The standard InChI is InChI=1S/C11H16O4/c1-4-14-7-6-10(12)8-11(13)9(3)15-5-2/h5-7,9H,2,4,8H2,1,3H3/b7-6+. The molecule has 0 aromatic rings. The lowest BCUT2D eigenvalue weighted by atomic mass is 10.1. The van der Waals surface area contributed by atoms with Crippen LogP contribution >= 0.6 is 0 Å². The number of ether oxygens (including phenoxy) is 2. The summed E-state index contributed by atoms with van der Waals surface area (Å²) in [7, 11) is 0. The van der Waals surface area contributed by atoms with Crippen LogP contribution in [0.25, 0.3) is 0 Å². The Hall–Kier alpha value is -1.58. The summed E-state index contributed by atoms with van der Waals surface area (Å²) in [6.45, 7) is 7.20. The molecule has 1 atom stereocenters.